The topological polar surface area (TPSA) is 28.7 Å². The van der Waals surface area contributed by atoms with Crippen LogP contribution in [0.4, 0.5) is 0 Å². The van der Waals surface area contributed by atoms with E-state index in [0.717, 1.165) is 18.5 Å². The number of aromatic nitrogens is 2. The van der Waals surface area contributed by atoms with E-state index in [1.807, 2.05) is 0 Å². The number of hydrogen-bond acceptors (Lipinski definition) is 1. The van der Waals surface area contributed by atoms with E-state index in [-0.39, 0.29) is 0 Å². The molecule has 2 rings (SSSR count). The number of nitrogens with zero attached hydrogens (tertiary/aromatic N) is 1. The second-order valence-electron chi connectivity index (χ2n) is 3.32. The summed E-state index contributed by atoms with van der Waals surface area (Å²) < 4.78 is 0. The molecular weight excluding hydrogens is 172 g/mol. The maximum absolute atomic E-state index is 5.78. The van der Waals surface area contributed by atoms with E-state index < -0.39 is 0 Å². The van der Waals surface area contributed by atoms with E-state index in [1.54, 1.807) is 0 Å². The smallest absolute Gasteiger partial charge is 0.0804 e. The van der Waals surface area contributed by atoms with Crippen LogP contribution in [0.1, 0.15) is 36.2 Å². The highest BCUT2D eigenvalue weighted by molar-refractivity contribution is 6.17. The van der Waals surface area contributed by atoms with Crippen molar-refractivity contribution in [1.29, 1.82) is 0 Å². The van der Waals surface area contributed by atoms with Crippen molar-refractivity contribution in [2.45, 2.75) is 38.0 Å². The van der Waals surface area contributed by atoms with Gasteiger partial charge in [-0.2, -0.15) is 5.10 Å². The number of hydrogen-bond donors (Lipinski definition) is 1. The van der Waals surface area contributed by atoms with Crippen LogP contribution in [-0.4, -0.2) is 10.2 Å². The molecule has 3 heteroatoms. The summed E-state index contributed by atoms with van der Waals surface area (Å²) >= 11 is 5.78. The molecule has 0 fully saturated rings. The Morgan fingerprint density at radius 3 is 2.92 bits per heavy atom. The molecular formula is C9H13ClN2. The van der Waals surface area contributed by atoms with Crippen molar-refractivity contribution in [2.75, 3.05) is 0 Å². The molecule has 0 amide bonds. The number of halogens is 1. The molecule has 1 heterocycles. The molecule has 0 atom stereocenters. The third kappa shape index (κ3) is 1.36. The van der Waals surface area contributed by atoms with Gasteiger partial charge in [0.1, 0.15) is 0 Å². The zero-order valence-corrected chi connectivity index (χ0v) is 7.82. The fourth-order valence-corrected chi connectivity index (χ4v) is 2.06. The van der Waals surface area contributed by atoms with Crippen LogP contribution in [-0.2, 0) is 18.7 Å². The zero-order valence-electron chi connectivity index (χ0n) is 7.07. The van der Waals surface area contributed by atoms with Crippen molar-refractivity contribution in [1.82, 2.24) is 10.2 Å². The number of H-pyrrole nitrogens is 1. The van der Waals surface area contributed by atoms with E-state index in [4.69, 9.17) is 11.6 Å². The van der Waals surface area contributed by atoms with E-state index in [1.165, 1.54) is 30.5 Å². The predicted octanol–water partition coefficient (Wildman–Crippen LogP) is 2.42. The first kappa shape index (κ1) is 8.11. The van der Waals surface area contributed by atoms with Crippen LogP contribution < -0.4 is 0 Å². The largest absolute Gasteiger partial charge is 0.282 e. The predicted molar refractivity (Wildman–Crippen MR) is 49.4 cm³/mol. The van der Waals surface area contributed by atoms with E-state index >= 15 is 0 Å². The molecule has 66 valence electrons. The molecule has 0 unspecified atom stereocenters. The molecule has 0 spiro atoms. The zero-order chi connectivity index (χ0) is 8.39. The monoisotopic (exact) mass is 184 g/mol. The quantitative estimate of drug-likeness (QED) is 0.527. The van der Waals surface area contributed by atoms with Crippen molar-refractivity contribution in [3.8, 4) is 0 Å². The van der Waals surface area contributed by atoms with Crippen molar-refractivity contribution in [3.63, 3.8) is 0 Å². The molecule has 0 bridgehead atoms. The summed E-state index contributed by atoms with van der Waals surface area (Å²) in [6.07, 6.45) is 6.23. The Morgan fingerprint density at radius 2 is 2.08 bits per heavy atom. The van der Waals surface area contributed by atoms with Crippen LogP contribution in [0.5, 0.6) is 0 Å². The number of nitrogens with one attached hydrogen (secondary N) is 1. The Labute approximate surface area is 77.3 Å². The lowest BCUT2D eigenvalue weighted by Crippen LogP contribution is -1.89. The minimum Gasteiger partial charge on any atom is -0.282 e. The normalized spacial score (nSPS) is 17.1. The standard InChI is InChI=1S/C9H13ClN2/c10-6-9-7-4-2-1-3-5-8(7)11-12-9/h1-6H2,(H,11,12). The second kappa shape index (κ2) is 3.48. The van der Waals surface area contributed by atoms with E-state index in [2.05, 4.69) is 10.2 Å². The summed E-state index contributed by atoms with van der Waals surface area (Å²) in [6.45, 7) is 0. The molecule has 0 radical (unpaired) electrons. The number of alkyl halides is 1. The average Bonchev–Trinajstić information content (AvgIpc) is 2.33. The van der Waals surface area contributed by atoms with Gasteiger partial charge in [-0.25, -0.2) is 0 Å². The van der Waals surface area contributed by atoms with Gasteiger partial charge in [0.15, 0.2) is 0 Å². The number of fused-ring (bicyclic) bond motifs is 1. The molecule has 2 nitrogen and oxygen atoms in total. The molecule has 1 aromatic heterocycles. The highest BCUT2D eigenvalue weighted by Gasteiger charge is 2.14. The average molecular weight is 185 g/mol. The Hall–Kier alpha value is -0.500. The van der Waals surface area contributed by atoms with Crippen molar-refractivity contribution >= 4 is 11.6 Å². The minimum atomic E-state index is 0.547. The van der Waals surface area contributed by atoms with Crippen LogP contribution >= 0.6 is 11.6 Å². The molecule has 0 aromatic carbocycles. The number of aryl methyl sites for hydroxylation is 1. The molecule has 1 aromatic rings. The van der Waals surface area contributed by atoms with Gasteiger partial charge >= 0.3 is 0 Å². The maximum Gasteiger partial charge on any atom is 0.0804 e. The van der Waals surface area contributed by atoms with E-state index in [0.29, 0.717) is 5.88 Å². The summed E-state index contributed by atoms with van der Waals surface area (Å²) in [5, 5.41) is 7.28. The molecule has 12 heavy (non-hydrogen) atoms. The third-order valence-electron chi connectivity index (χ3n) is 2.52. The third-order valence-corrected chi connectivity index (χ3v) is 2.77. The maximum atomic E-state index is 5.78. The first-order chi connectivity index (χ1) is 5.92. The van der Waals surface area contributed by atoms with Crippen LogP contribution in [0.25, 0.3) is 0 Å². The SMILES string of the molecule is ClCc1n[nH]c2c1CCCCC2. The van der Waals surface area contributed by atoms with Gasteiger partial charge in [0, 0.05) is 5.69 Å². The highest BCUT2D eigenvalue weighted by atomic mass is 35.5. The van der Waals surface area contributed by atoms with Gasteiger partial charge in [0.2, 0.25) is 0 Å². The summed E-state index contributed by atoms with van der Waals surface area (Å²) in [4.78, 5) is 0. The van der Waals surface area contributed by atoms with Gasteiger partial charge in [0.05, 0.1) is 11.6 Å². The van der Waals surface area contributed by atoms with Crippen molar-refractivity contribution in [3.05, 3.63) is 17.0 Å². The lowest BCUT2D eigenvalue weighted by Gasteiger charge is -1.96. The summed E-state index contributed by atoms with van der Waals surface area (Å²) in [5.41, 5.74) is 3.78. The van der Waals surface area contributed by atoms with Crippen molar-refractivity contribution < 1.29 is 0 Å². The Morgan fingerprint density at radius 1 is 1.25 bits per heavy atom. The fraction of sp³-hybridized carbons (Fsp3) is 0.667. The molecule has 0 saturated carbocycles. The molecule has 1 aliphatic carbocycles. The lowest BCUT2D eigenvalue weighted by atomic mass is 10.1. The first-order valence-electron chi connectivity index (χ1n) is 4.53. The molecule has 0 aliphatic heterocycles. The molecule has 1 N–H and O–H groups in total. The van der Waals surface area contributed by atoms with Gasteiger partial charge in [-0.3, -0.25) is 5.10 Å². The van der Waals surface area contributed by atoms with E-state index in [9.17, 15) is 0 Å². The van der Waals surface area contributed by atoms with Crippen LogP contribution in [0.3, 0.4) is 0 Å². The summed E-state index contributed by atoms with van der Waals surface area (Å²) in [5.74, 6) is 0.547. The van der Waals surface area contributed by atoms with Crippen LogP contribution in [0.15, 0.2) is 0 Å². The molecule has 1 aliphatic rings. The second-order valence-corrected chi connectivity index (χ2v) is 3.59. The van der Waals surface area contributed by atoms with Crippen molar-refractivity contribution in [2.24, 2.45) is 0 Å². The van der Waals surface area contributed by atoms with Gasteiger partial charge < -0.3 is 0 Å². The Balaban J connectivity index is 2.32. The fourth-order valence-electron chi connectivity index (χ4n) is 1.84. The number of rotatable bonds is 1. The first-order valence-corrected chi connectivity index (χ1v) is 5.06. The van der Waals surface area contributed by atoms with Crippen LogP contribution in [0, 0.1) is 0 Å². The lowest BCUT2D eigenvalue weighted by molar-refractivity contribution is 0.700. The van der Waals surface area contributed by atoms with Gasteiger partial charge in [-0.05, 0) is 31.2 Å². The summed E-state index contributed by atoms with van der Waals surface area (Å²) in [6, 6.07) is 0. The minimum absolute atomic E-state index is 0.547. The van der Waals surface area contributed by atoms with Crippen LogP contribution in [0.2, 0.25) is 0 Å². The Kier molecular flexibility index (Phi) is 2.35. The Bertz CT molecular complexity index is 267. The highest BCUT2D eigenvalue weighted by Crippen LogP contribution is 2.22. The van der Waals surface area contributed by atoms with Gasteiger partial charge in [-0.15, -0.1) is 11.6 Å². The molecule has 0 saturated heterocycles. The summed E-state index contributed by atoms with van der Waals surface area (Å²) in [7, 11) is 0. The van der Waals surface area contributed by atoms with Gasteiger partial charge in [0.25, 0.3) is 0 Å². The number of aromatic amines is 1. The van der Waals surface area contributed by atoms with Gasteiger partial charge in [-0.1, -0.05) is 6.42 Å².